The Morgan fingerprint density at radius 2 is 0.868 bits per heavy atom. The predicted molar refractivity (Wildman–Crippen MR) is 162 cm³/mol. The van der Waals surface area contributed by atoms with Crippen LogP contribution in [0.15, 0.2) is 0 Å². The van der Waals surface area contributed by atoms with E-state index in [2.05, 4.69) is 20.8 Å². The molecule has 0 radical (unpaired) electrons. The second kappa shape index (κ2) is 30.5. The molecule has 0 spiro atoms. The van der Waals surface area contributed by atoms with Crippen LogP contribution in [-0.2, 0) is 19.1 Å². The summed E-state index contributed by atoms with van der Waals surface area (Å²) in [6.07, 6.45) is 30.7. The Morgan fingerprint density at radius 3 is 1.34 bits per heavy atom. The molecule has 0 aliphatic carbocycles. The monoisotopic (exact) mass is 538 g/mol. The molecule has 0 aromatic rings. The highest BCUT2D eigenvalue weighted by molar-refractivity contribution is 5.69. The number of ether oxygens (including phenoxy) is 2. The fourth-order valence-corrected chi connectivity index (χ4v) is 5.07. The molecule has 0 rings (SSSR count). The number of esters is 2. The average Bonchev–Trinajstić information content (AvgIpc) is 2.92. The van der Waals surface area contributed by atoms with Crippen LogP contribution >= 0.6 is 0 Å². The van der Waals surface area contributed by atoms with Crippen LogP contribution in [0.2, 0.25) is 0 Å². The third kappa shape index (κ3) is 28.0. The summed E-state index contributed by atoms with van der Waals surface area (Å²) in [5.74, 6) is 0.503. The fraction of sp³-hybridized carbons (Fsp3) is 0.941. The van der Waals surface area contributed by atoms with Crippen LogP contribution in [0.3, 0.4) is 0 Å². The van der Waals surface area contributed by atoms with Crippen molar-refractivity contribution in [1.82, 2.24) is 0 Å². The Hall–Kier alpha value is -1.06. The molecule has 0 bridgehead atoms. The van der Waals surface area contributed by atoms with E-state index in [1.165, 1.54) is 122 Å². The van der Waals surface area contributed by atoms with Crippen molar-refractivity contribution in [3.8, 4) is 0 Å². The fourth-order valence-electron chi connectivity index (χ4n) is 5.07. The quantitative estimate of drug-likeness (QED) is 0.0674. The lowest BCUT2D eigenvalue weighted by Gasteiger charge is -2.14. The largest absolute Gasteiger partial charge is 0.466 e. The number of carbonyl (C=O) groups excluding carboxylic acids is 2. The third-order valence-electron chi connectivity index (χ3n) is 7.80. The van der Waals surface area contributed by atoms with Crippen LogP contribution in [0.5, 0.6) is 0 Å². The lowest BCUT2D eigenvalue weighted by atomic mass is 9.95. The SMILES string of the molecule is CCCCCCCOC(=O)CCCCCCCCCCCCCCC(CC)CC(=O)OCCCCCCC. The van der Waals surface area contributed by atoms with E-state index in [1.54, 1.807) is 0 Å². The van der Waals surface area contributed by atoms with E-state index in [0.29, 0.717) is 32.0 Å². The maximum atomic E-state index is 12.1. The molecule has 226 valence electrons. The van der Waals surface area contributed by atoms with E-state index >= 15 is 0 Å². The number of unbranched alkanes of at least 4 members (excludes halogenated alkanes) is 19. The molecule has 0 saturated heterocycles. The zero-order valence-electron chi connectivity index (χ0n) is 26.0. The molecule has 0 aromatic carbocycles. The van der Waals surface area contributed by atoms with Gasteiger partial charge in [-0.1, -0.05) is 149 Å². The Bertz CT molecular complexity index is 505. The Balaban J connectivity index is 3.39. The van der Waals surface area contributed by atoms with Crippen LogP contribution in [0.1, 0.15) is 188 Å². The number of rotatable bonds is 30. The highest BCUT2D eigenvalue weighted by Crippen LogP contribution is 2.20. The maximum Gasteiger partial charge on any atom is 0.306 e. The topological polar surface area (TPSA) is 52.6 Å². The van der Waals surface area contributed by atoms with Gasteiger partial charge in [-0.2, -0.15) is 0 Å². The van der Waals surface area contributed by atoms with Crippen molar-refractivity contribution in [3.05, 3.63) is 0 Å². The van der Waals surface area contributed by atoms with Crippen molar-refractivity contribution in [2.45, 2.75) is 188 Å². The van der Waals surface area contributed by atoms with Gasteiger partial charge in [0.1, 0.15) is 0 Å². The van der Waals surface area contributed by atoms with Gasteiger partial charge in [0.15, 0.2) is 0 Å². The van der Waals surface area contributed by atoms with Crippen LogP contribution in [0.4, 0.5) is 0 Å². The van der Waals surface area contributed by atoms with Crippen LogP contribution in [0, 0.1) is 5.92 Å². The summed E-state index contributed by atoms with van der Waals surface area (Å²) >= 11 is 0. The van der Waals surface area contributed by atoms with Gasteiger partial charge in [0.05, 0.1) is 13.2 Å². The van der Waals surface area contributed by atoms with Crippen LogP contribution in [-0.4, -0.2) is 25.2 Å². The zero-order chi connectivity index (χ0) is 27.9. The van der Waals surface area contributed by atoms with E-state index in [1.807, 2.05) is 0 Å². The van der Waals surface area contributed by atoms with Crippen molar-refractivity contribution >= 4 is 11.9 Å². The van der Waals surface area contributed by atoms with Crippen molar-refractivity contribution in [2.75, 3.05) is 13.2 Å². The minimum Gasteiger partial charge on any atom is -0.466 e. The predicted octanol–water partition coefficient (Wildman–Crippen LogP) is 10.9. The summed E-state index contributed by atoms with van der Waals surface area (Å²) in [6, 6.07) is 0. The molecule has 0 heterocycles. The van der Waals surface area contributed by atoms with Gasteiger partial charge in [-0.3, -0.25) is 9.59 Å². The molecule has 0 fully saturated rings. The maximum absolute atomic E-state index is 12.1. The van der Waals surface area contributed by atoms with Gasteiger partial charge in [0.2, 0.25) is 0 Å². The minimum absolute atomic E-state index is 0.00305. The van der Waals surface area contributed by atoms with Gasteiger partial charge < -0.3 is 9.47 Å². The Labute approximate surface area is 237 Å². The molecule has 0 aliphatic rings. The highest BCUT2D eigenvalue weighted by atomic mass is 16.5. The van der Waals surface area contributed by atoms with E-state index in [0.717, 1.165) is 32.1 Å². The van der Waals surface area contributed by atoms with E-state index in [-0.39, 0.29) is 11.9 Å². The van der Waals surface area contributed by atoms with Crippen LogP contribution < -0.4 is 0 Å². The molecule has 0 aromatic heterocycles. The van der Waals surface area contributed by atoms with E-state index in [4.69, 9.17) is 9.47 Å². The third-order valence-corrected chi connectivity index (χ3v) is 7.80. The standard InChI is InChI=1S/C34H66O4/c1-4-7-9-21-25-29-37-33(35)28-24-20-18-16-14-12-11-13-15-17-19-23-27-32(6-3)31-34(36)38-30-26-22-10-8-5-2/h32H,4-31H2,1-3H3. The van der Waals surface area contributed by atoms with Gasteiger partial charge >= 0.3 is 11.9 Å². The summed E-state index contributed by atoms with van der Waals surface area (Å²) in [6.45, 7) is 7.85. The molecule has 0 saturated carbocycles. The molecule has 4 nitrogen and oxygen atoms in total. The van der Waals surface area contributed by atoms with Crippen LogP contribution in [0.25, 0.3) is 0 Å². The van der Waals surface area contributed by atoms with Gasteiger partial charge in [-0.15, -0.1) is 0 Å². The molecule has 1 unspecified atom stereocenters. The lowest BCUT2D eigenvalue weighted by molar-refractivity contribution is -0.145. The Kier molecular flexibility index (Phi) is 29.6. The summed E-state index contributed by atoms with van der Waals surface area (Å²) in [5, 5.41) is 0. The van der Waals surface area contributed by atoms with Gasteiger partial charge in [0, 0.05) is 12.8 Å². The molecular weight excluding hydrogens is 472 g/mol. The molecule has 1 atom stereocenters. The smallest absolute Gasteiger partial charge is 0.306 e. The van der Waals surface area contributed by atoms with Crippen molar-refractivity contribution in [1.29, 1.82) is 0 Å². The van der Waals surface area contributed by atoms with Crippen molar-refractivity contribution in [2.24, 2.45) is 5.92 Å². The molecular formula is C34H66O4. The van der Waals surface area contributed by atoms with Gasteiger partial charge in [-0.05, 0) is 31.6 Å². The second-order valence-corrected chi connectivity index (χ2v) is 11.5. The average molecular weight is 539 g/mol. The molecule has 0 amide bonds. The first-order valence-electron chi connectivity index (χ1n) is 16.9. The molecule has 4 heteroatoms. The second-order valence-electron chi connectivity index (χ2n) is 11.5. The van der Waals surface area contributed by atoms with Crippen molar-refractivity contribution in [3.63, 3.8) is 0 Å². The normalized spacial score (nSPS) is 12.0. The van der Waals surface area contributed by atoms with Gasteiger partial charge in [0.25, 0.3) is 0 Å². The first-order chi connectivity index (χ1) is 18.6. The van der Waals surface area contributed by atoms with Crippen molar-refractivity contribution < 1.29 is 19.1 Å². The molecule has 0 N–H and O–H groups in total. The van der Waals surface area contributed by atoms with E-state index in [9.17, 15) is 9.59 Å². The summed E-state index contributed by atoms with van der Waals surface area (Å²) in [5.41, 5.74) is 0. The van der Waals surface area contributed by atoms with Gasteiger partial charge in [-0.25, -0.2) is 0 Å². The first-order valence-corrected chi connectivity index (χ1v) is 16.9. The number of hydrogen-bond donors (Lipinski definition) is 0. The highest BCUT2D eigenvalue weighted by Gasteiger charge is 2.13. The first kappa shape index (κ1) is 36.9. The minimum atomic E-state index is -0.00305. The lowest BCUT2D eigenvalue weighted by Crippen LogP contribution is -2.12. The zero-order valence-corrected chi connectivity index (χ0v) is 26.0. The summed E-state index contributed by atoms with van der Waals surface area (Å²) in [4.78, 5) is 23.8. The molecule has 0 aliphatic heterocycles. The van der Waals surface area contributed by atoms with E-state index < -0.39 is 0 Å². The summed E-state index contributed by atoms with van der Waals surface area (Å²) in [7, 11) is 0. The number of carbonyl (C=O) groups is 2. The summed E-state index contributed by atoms with van der Waals surface area (Å²) < 4.78 is 10.8. The molecule has 38 heavy (non-hydrogen) atoms. The number of hydrogen-bond acceptors (Lipinski definition) is 4. The Morgan fingerprint density at radius 1 is 0.474 bits per heavy atom.